The summed E-state index contributed by atoms with van der Waals surface area (Å²) in [5.41, 5.74) is 0. The number of rotatable bonds is 4. The molecule has 0 saturated carbocycles. The Morgan fingerprint density at radius 2 is 1.88 bits per heavy atom. The molecule has 0 saturated heterocycles. The van der Waals surface area contributed by atoms with Gasteiger partial charge in [-0.1, -0.05) is 30.9 Å². The molecule has 1 aromatic heterocycles. The van der Waals surface area contributed by atoms with Crippen molar-refractivity contribution in [3.8, 4) is 0 Å². The van der Waals surface area contributed by atoms with Gasteiger partial charge in [-0.05, 0) is 34.1 Å². The van der Waals surface area contributed by atoms with Crippen molar-refractivity contribution in [2.75, 3.05) is 6.26 Å². The van der Waals surface area contributed by atoms with Gasteiger partial charge in [0.1, 0.15) is 0 Å². The maximum Gasteiger partial charge on any atom is 0.0403 e. The van der Waals surface area contributed by atoms with Crippen LogP contribution in [0.1, 0.15) is 0 Å². The van der Waals surface area contributed by atoms with Gasteiger partial charge in [-0.25, -0.2) is 0 Å². The topological polar surface area (TPSA) is 4.93 Å². The predicted octanol–water partition coefficient (Wildman–Crippen LogP) is 4.03. The van der Waals surface area contributed by atoms with E-state index in [0.29, 0.717) is 0 Å². The van der Waals surface area contributed by atoms with Crippen LogP contribution in [-0.2, 0) is 6.54 Å². The molecule has 1 aliphatic rings. The Balaban J connectivity index is 1.95. The highest BCUT2D eigenvalue weighted by Gasteiger charge is 2.15. The molecule has 0 amide bonds. The molecule has 1 nitrogen and oxygen atoms in total. The fourth-order valence-corrected chi connectivity index (χ4v) is 3.25. The Hall–Kier alpha value is -1.41. The first-order valence-electron chi connectivity index (χ1n) is 5.30. The van der Waals surface area contributed by atoms with E-state index in [1.807, 2.05) is 12.1 Å². The Labute approximate surface area is 98.8 Å². The lowest BCUT2D eigenvalue weighted by molar-refractivity contribution is 0.830. The predicted molar refractivity (Wildman–Crippen MR) is 74.5 cm³/mol. The van der Waals surface area contributed by atoms with Crippen LogP contribution in [0.5, 0.6) is 0 Å². The lowest BCUT2D eigenvalue weighted by Crippen LogP contribution is -1.91. The maximum atomic E-state index is 4.17. The van der Waals surface area contributed by atoms with Crippen LogP contribution < -0.4 is 0 Å². The van der Waals surface area contributed by atoms with Gasteiger partial charge in [-0.3, -0.25) is 0 Å². The number of nitrogens with zero attached hydrogens (tertiary/aromatic N) is 1. The molecule has 1 aromatic rings. The highest BCUT2D eigenvalue weighted by molar-refractivity contribution is 8.41. The average Bonchev–Trinajstić information content (AvgIpc) is 2.90. The molecule has 0 radical (unpaired) electrons. The molecule has 2 rings (SSSR count). The summed E-state index contributed by atoms with van der Waals surface area (Å²) in [5.74, 6) is 0. The fourth-order valence-electron chi connectivity index (χ4n) is 1.58. The molecule has 0 N–H and O–H groups in total. The van der Waals surface area contributed by atoms with E-state index in [4.69, 9.17) is 0 Å². The normalized spacial score (nSPS) is 19.3. The summed E-state index contributed by atoms with van der Waals surface area (Å²) in [4.78, 5) is 1.21. The van der Waals surface area contributed by atoms with Crippen LogP contribution in [0.4, 0.5) is 0 Å². The van der Waals surface area contributed by atoms with E-state index in [2.05, 4.69) is 64.9 Å². The van der Waals surface area contributed by atoms with Crippen molar-refractivity contribution >= 4 is 10.0 Å². The number of aromatic nitrogens is 1. The zero-order valence-corrected chi connectivity index (χ0v) is 10.4. The molecule has 0 bridgehead atoms. The van der Waals surface area contributed by atoms with Crippen LogP contribution in [0.2, 0.25) is 0 Å². The fraction of sp³-hybridized carbons (Fsp3) is 0.143. The second-order valence-corrected chi connectivity index (χ2v) is 7.12. The van der Waals surface area contributed by atoms with Gasteiger partial charge in [-0.15, -0.1) is 0 Å². The quantitative estimate of drug-likeness (QED) is 0.689. The molecule has 0 fully saturated rings. The monoisotopic (exact) mass is 231 g/mol. The van der Waals surface area contributed by atoms with E-state index >= 15 is 0 Å². The summed E-state index contributed by atoms with van der Waals surface area (Å²) in [7, 11) is -0.875. The average molecular weight is 231 g/mol. The van der Waals surface area contributed by atoms with E-state index in [0.717, 1.165) is 6.54 Å². The molecule has 0 aromatic carbocycles. The molecule has 16 heavy (non-hydrogen) atoms. The zero-order valence-electron chi connectivity index (χ0n) is 9.54. The third-order valence-electron chi connectivity index (χ3n) is 2.68. The van der Waals surface area contributed by atoms with Gasteiger partial charge in [0.25, 0.3) is 0 Å². The summed E-state index contributed by atoms with van der Waals surface area (Å²) in [6.07, 6.45) is 14.9. The summed E-state index contributed by atoms with van der Waals surface area (Å²) < 4.78 is 2.14. The summed E-state index contributed by atoms with van der Waals surface area (Å²) in [5, 5.41) is 4.52. The van der Waals surface area contributed by atoms with Gasteiger partial charge in [0, 0.05) is 18.9 Å². The van der Waals surface area contributed by atoms with Crippen molar-refractivity contribution in [3.05, 3.63) is 71.1 Å². The summed E-state index contributed by atoms with van der Waals surface area (Å²) in [6.45, 7) is 5.08. The van der Waals surface area contributed by atoms with Crippen molar-refractivity contribution in [1.82, 2.24) is 4.57 Å². The third-order valence-corrected chi connectivity index (χ3v) is 5.40. The zero-order chi connectivity index (χ0) is 11.4. The van der Waals surface area contributed by atoms with E-state index in [1.54, 1.807) is 0 Å². The molecular formula is C14H17NS. The van der Waals surface area contributed by atoms with Gasteiger partial charge in [0.05, 0.1) is 0 Å². The second-order valence-electron chi connectivity index (χ2n) is 3.95. The van der Waals surface area contributed by atoms with Gasteiger partial charge in [-0.2, -0.15) is 10.0 Å². The summed E-state index contributed by atoms with van der Waals surface area (Å²) >= 11 is 0. The van der Waals surface area contributed by atoms with Crippen molar-refractivity contribution in [2.24, 2.45) is 0 Å². The standard InChI is InChI=1S/C14H17NS/c1-14(16(2)12-5-6-13-16)8-7-11-15-9-3-4-10-15/h3-10,12-13H,1,11H2,2H3/b8-7-. The van der Waals surface area contributed by atoms with Crippen molar-refractivity contribution in [1.29, 1.82) is 0 Å². The van der Waals surface area contributed by atoms with Crippen LogP contribution >= 0.6 is 10.0 Å². The molecule has 2 heterocycles. The van der Waals surface area contributed by atoms with Crippen LogP contribution in [0.25, 0.3) is 0 Å². The Kier molecular flexibility index (Phi) is 3.20. The largest absolute Gasteiger partial charge is 0.350 e. The number of allylic oxidation sites excluding steroid dienone is 4. The third kappa shape index (κ3) is 2.39. The Bertz CT molecular complexity index is 437. The molecular weight excluding hydrogens is 214 g/mol. The van der Waals surface area contributed by atoms with Crippen LogP contribution in [0.3, 0.4) is 0 Å². The van der Waals surface area contributed by atoms with E-state index < -0.39 is 10.0 Å². The van der Waals surface area contributed by atoms with E-state index in [1.165, 1.54) is 4.91 Å². The smallest absolute Gasteiger partial charge is 0.0403 e. The van der Waals surface area contributed by atoms with Crippen LogP contribution in [0.15, 0.2) is 71.1 Å². The molecule has 1 aliphatic heterocycles. The first-order chi connectivity index (χ1) is 7.71. The van der Waals surface area contributed by atoms with Crippen molar-refractivity contribution in [2.45, 2.75) is 6.54 Å². The van der Waals surface area contributed by atoms with Crippen LogP contribution in [0, 0.1) is 0 Å². The Morgan fingerprint density at radius 1 is 1.25 bits per heavy atom. The first kappa shape index (κ1) is 11.1. The molecule has 0 aliphatic carbocycles. The minimum Gasteiger partial charge on any atom is -0.350 e. The highest BCUT2D eigenvalue weighted by Crippen LogP contribution is 2.57. The minimum atomic E-state index is -0.875. The minimum absolute atomic E-state index is 0.875. The highest BCUT2D eigenvalue weighted by atomic mass is 32.3. The van der Waals surface area contributed by atoms with Crippen molar-refractivity contribution < 1.29 is 0 Å². The molecule has 0 unspecified atom stereocenters. The summed E-state index contributed by atoms with van der Waals surface area (Å²) in [6, 6.07) is 4.08. The van der Waals surface area contributed by atoms with Gasteiger partial charge in [0.15, 0.2) is 0 Å². The SMILES string of the molecule is C=C(/C=C\Cn1cccc1)S1(C)C=CC=C1. The second kappa shape index (κ2) is 4.62. The van der Waals surface area contributed by atoms with Crippen molar-refractivity contribution in [3.63, 3.8) is 0 Å². The van der Waals surface area contributed by atoms with Gasteiger partial charge in [0.2, 0.25) is 0 Å². The molecule has 2 heteroatoms. The van der Waals surface area contributed by atoms with E-state index in [9.17, 15) is 0 Å². The maximum absolute atomic E-state index is 4.17. The molecule has 0 spiro atoms. The van der Waals surface area contributed by atoms with Gasteiger partial charge < -0.3 is 4.57 Å². The first-order valence-corrected chi connectivity index (χ1v) is 7.47. The lowest BCUT2D eigenvalue weighted by atomic mass is 10.5. The number of hydrogen-bond acceptors (Lipinski definition) is 0. The van der Waals surface area contributed by atoms with Crippen LogP contribution in [-0.4, -0.2) is 10.8 Å². The van der Waals surface area contributed by atoms with Gasteiger partial charge >= 0.3 is 0 Å². The van der Waals surface area contributed by atoms with E-state index in [-0.39, 0.29) is 0 Å². The molecule has 0 atom stereocenters. The molecule has 84 valence electrons. The number of hydrogen-bond donors (Lipinski definition) is 0. The Morgan fingerprint density at radius 3 is 2.50 bits per heavy atom. The lowest BCUT2D eigenvalue weighted by Gasteiger charge is -2.26.